The first-order valence-corrected chi connectivity index (χ1v) is 5.98. The number of carbonyl (C=O) groups is 1. The highest BCUT2D eigenvalue weighted by molar-refractivity contribution is 5.76. The summed E-state index contributed by atoms with van der Waals surface area (Å²) in [4.78, 5) is 15.6. The molecule has 0 amide bonds. The van der Waals surface area contributed by atoms with Crippen LogP contribution in [0.3, 0.4) is 0 Å². The minimum absolute atomic E-state index is 0.209. The van der Waals surface area contributed by atoms with E-state index in [0.29, 0.717) is 6.42 Å². The molecule has 1 aliphatic rings. The maximum atomic E-state index is 14.0. The molecule has 0 fully saturated rings. The van der Waals surface area contributed by atoms with Crippen LogP contribution in [-0.2, 0) is 16.0 Å². The lowest BCUT2D eigenvalue weighted by Crippen LogP contribution is -2.29. The van der Waals surface area contributed by atoms with Crippen LogP contribution in [0.25, 0.3) is 0 Å². The predicted molar refractivity (Wildman–Crippen MR) is 61.4 cm³/mol. The lowest BCUT2D eigenvalue weighted by molar-refractivity contribution is -0.150. The van der Waals surface area contributed by atoms with Crippen LogP contribution < -0.4 is 0 Å². The quantitative estimate of drug-likeness (QED) is 0.758. The van der Waals surface area contributed by atoms with Gasteiger partial charge in [-0.05, 0) is 37.8 Å². The maximum absolute atomic E-state index is 14.0. The number of hydrogen-bond donors (Lipinski definition) is 0. The zero-order chi connectivity index (χ0) is 12.3. The molecule has 0 spiro atoms. The summed E-state index contributed by atoms with van der Waals surface area (Å²) in [5.74, 6) is -1.21. The van der Waals surface area contributed by atoms with E-state index in [1.807, 2.05) is 12.1 Å². The van der Waals surface area contributed by atoms with Crippen molar-refractivity contribution in [3.63, 3.8) is 0 Å². The monoisotopic (exact) mass is 237 g/mol. The Morgan fingerprint density at radius 2 is 2.53 bits per heavy atom. The molecule has 2 rings (SSSR count). The normalized spacial score (nSPS) is 20.5. The number of hydrogen-bond acceptors (Lipinski definition) is 3. The molecule has 1 heterocycles. The Kier molecular flexibility index (Phi) is 3.71. The zero-order valence-electron chi connectivity index (χ0n) is 9.86. The van der Waals surface area contributed by atoms with Gasteiger partial charge in [0.05, 0.1) is 12.3 Å². The van der Waals surface area contributed by atoms with Crippen molar-refractivity contribution in [1.29, 1.82) is 0 Å². The summed E-state index contributed by atoms with van der Waals surface area (Å²) < 4.78 is 18.8. The third-order valence-electron chi connectivity index (χ3n) is 3.10. The van der Waals surface area contributed by atoms with Crippen LogP contribution in [0.4, 0.5) is 4.39 Å². The van der Waals surface area contributed by atoms with Gasteiger partial charge < -0.3 is 4.74 Å². The Morgan fingerprint density at radius 1 is 1.71 bits per heavy atom. The number of esters is 1. The highest BCUT2D eigenvalue weighted by Crippen LogP contribution is 2.34. The van der Waals surface area contributed by atoms with E-state index < -0.39 is 18.1 Å². The van der Waals surface area contributed by atoms with Crippen LogP contribution in [0.1, 0.15) is 36.9 Å². The van der Waals surface area contributed by atoms with Crippen molar-refractivity contribution in [3.8, 4) is 0 Å². The van der Waals surface area contributed by atoms with Crippen molar-refractivity contribution in [1.82, 2.24) is 4.98 Å². The van der Waals surface area contributed by atoms with Gasteiger partial charge in [0, 0.05) is 12.1 Å². The summed E-state index contributed by atoms with van der Waals surface area (Å²) in [5.41, 5.74) is 1.77. The molecule has 0 N–H and O–H groups in total. The number of ether oxygens (including phenoxy) is 1. The molecule has 17 heavy (non-hydrogen) atoms. The van der Waals surface area contributed by atoms with E-state index in [4.69, 9.17) is 4.74 Å². The van der Waals surface area contributed by atoms with Gasteiger partial charge in [-0.3, -0.25) is 4.98 Å². The first-order valence-electron chi connectivity index (χ1n) is 5.98. The Labute approximate surface area is 100 Å². The number of aromatic nitrogens is 1. The van der Waals surface area contributed by atoms with Crippen molar-refractivity contribution in [2.45, 2.75) is 38.3 Å². The molecule has 1 aromatic heterocycles. The van der Waals surface area contributed by atoms with Crippen LogP contribution in [-0.4, -0.2) is 23.7 Å². The highest BCUT2D eigenvalue weighted by Gasteiger charge is 2.34. The summed E-state index contributed by atoms with van der Waals surface area (Å²) in [6.07, 6.45) is 2.51. The Balaban J connectivity index is 2.20. The smallest absolute Gasteiger partial charge is 0.341 e. The number of alkyl halides is 1. The van der Waals surface area contributed by atoms with E-state index in [9.17, 15) is 9.18 Å². The lowest BCUT2D eigenvalue weighted by atomic mass is 9.84. The number of halogens is 1. The second kappa shape index (κ2) is 5.25. The van der Waals surface area contributed by atoms with Gasteiger partial charge in [0.2, 0.25) is 6.17 Å². The van der Waals surface area contributed by atoms with E-state index >= 15 is 0 Å². The minimum Gasteiger partial charge on any atom is -0.464 e. The van der Waals surface area contributed by atoms with Gasteiger partial charge in [-0.15, -0.1) is 0 Å². The summed E-state index contributed by atoms with van der Waals surface area (Å²) in [6, 6.07) is 3.80. The van der Waals surface area contributed by atoms with Crippen LogP contribution in [0.5, 0.6) is 0 Å². The van der Waals surface area contributed by atoms with Gasteiger partial charge in [-0.1, -0.05) is 6.07 Å². The molecule has 0 bridgehead atoms. The molecule has 2 atom stereocenters. The first-order chi connectivity index (χ1) is 8.24. The van der Waals surface area contributed by atoms with E-state index in [1.54, 1.807) is 13.1 Å². The summed E-state index contributed by atoms with van der Waals surface area (Å²) in [6.45, 7) is 1.89. The fourth-order valence-corrected chi connectivity index (χ4v) is 2.32. The Bertz CT molecular complexity index is 408. The van der Waals surface area contributed by atoms with Gasteiger partial charge in [-0.25, -0.2) is 9.18 Å². The molecule has 1 aromatic rings. The largest absolute Gasteiger partial charge is 0.464 e. The van der Waals surface area contributed by atoms with Crippen LogP contribution in [0.15, 0.2) is 18.3 Å². The number of rotatable bonds is 3. The fraction of sp³-hybridized carbons (Fsp3) is 0.538. The van der Waals surface area contributed by atoms with Crippen LogP contribution in [0, 0.1) is 0 Å². The molecule has 1 aliphatic carbocycles. The second-order valence-corrected chi connectivity index (χ2v) is 4.20. The lowest BCUT2D eigenvalue weighted by Gasteiger charge is -2.25. The first kappa shape index (κ1) is 12.0. The molecule has 0 aliphatic heterocycles. The molecule has 0 aromatic carbocycles. The number of aryl methyl sites for hydroxylation is 1. The third kappa shape index (κ3) is 2.46. The Hall–Kier alpha value is -1.45. The summed E-state index contributed by atoms with van der Waals surface area (Å²) >= 11 is 0. The molecule has 0 radical (unpaired) electrons. The molecule has 4 heteroatoms. The van der Waals surface area contributed by atoms with Crippen molar-refractivity contribution >= 4 is 5.97 Å². The van der Waals surface area contributed by atoms with Gasteiger partial charge in [-0.2, -0.15) is 0 Å². The van der Waals surface area contributed by atoms with E-state index in [-0.39, 0.29) is 6.61 Å². The van der Waals surface area contributed by atoms with Gasteiger partial charge >= 0.3 is 5.97 Å². The predicted octanol–water partition coefficient (Wildman–Crippen LogP) is 2.40. The standard InChI is InChI=1S/C13H16FNO2/c1-2-17-13(16)11(14)10-7-3-5-9-6-4-8-15-12(9)10/h4,6,8,10-11H,2-3,5,7H2,1H3. The summed E-state index contributed by atoms with van der Waals surface area (Å²) in [7, 11) is 0. The Morgan fingerprint density at radius 3 is 3.29 bits per heavy atom. The molecular weight excluding hydrogens is 221 g/mol. The van der Waals surface area contributed by atoms with Crippen LogP contribution >= 0.6 is 0 Å². The average molecular weight is 237 g/mol. The second-order valence-electron chi connectivity index (χ2n) is 4.20. The number of pyridine rings is 1. The molecule has 2 unspecified atom stereocenters. The number of fused-ring (bicyclic) bond motifs is 1. The molecular formula is C13H16FNO2. The van der Waals surface area contributed by atoms with Gasteiger partial charge in [0.25, 0.3) is 0 Å². The topological polar surface area (TPSA) is 39.2 Å². The molecule has 3 nitrogen and oxygen atoms in total. The van der Waals surface area contributed by atoms with Gasteiger partial charge in [0.15, 0.2) is 0 Å². The SMILES string of the molecule is CCOC(=O)C(F)C1CCCc2cccnc21. The molecule has 92 valence electrons. The zero-order valence-corrected chi connectivity index (χ0v) is 9.86. The van der Waals surface area contributed by atoms with E-state index in [1.165, 1.54) is 0 Å². The average Bonchev–Trinajstić information content (AvgIpc) is 2.37. The molecule has 0 saturated heterocycles. The number of nitrogens with zero attached hydrogens (tertiary/aromatic N) is 1. The highest BCUT2D eigenvalue weighted by atomic mass is 19.1. The van der Waals surface area contributed by atoms with Crippen molar-refractivity contribution < 1.29 is 13.9 Å². The maximum Gasteiger partial charge on any atom is 0.341 e. The molecule has 0 saturated carbocycles. The van der Waals surface area contributed by atoms with Crippen molar-refractivity contribution in [2.75, 3.05) is 6.61 Å². The van der Waals surface area contributed by atoms with Crippen molar-refractivity contribution in [2.24, 2.45) is 0 Å². The fourth-order valence-electron chi connectivity index (χ4n) is 2.32. The summed E-state index contributed by atoms with van der Waals surface area (Å²) in [5, 5.41) is 0. The van der Waals surface area contributed by atoms with E-state index in [0.717, 1.165) is 24.1 Å². The van der Waals surface area contributed by atoms with Gasteiger partial charge in [0.1, 0.15) is 0 Å². The van der Waals surface area contributed by atoms with E-state index in [2.05, 4.69) is 4.98 Å². The van der Waals surface area contributed by atoms with Crippen LogP contribution in [0.2, 0.25) is 0 Å². The number of carbonyl (C=O) groups excluding carboxylic acids is 1. The minimum atomic E-state index is -1.59. The van der Waals surface area contributed by atoms with Crippen molar-refractivity contribution in [3.05, 3.63) is 29.6 Å². The third-order valence-corrected chi connectivity index (χ3v) is 3.10.